The van der Waals surface area contributed by atoms with Crippen LogP contribution < -0.4 is 10.5 Å². The fourth-order valence-electron chi connectivity index (χ4n) is 1.78. The van der Waals surface area contributed by atoms with Crippen molar-refractivity contribution in [2.24, 2.45) is 11.7 Å². The number of rotatable bonds is 5. The van der Waals surface area contributed by atoms with Gasteiger partial charge in [0, 0.05) is 12.1 Å². The Labute approximate surface area is 114 Å². The lowest BCUT2D eigenvalue weighted by Gasteiger charge is -2.06. The van der Waals surface area contributed by atoms with Crippen molar-refractivity contribution >= 4 is 10.0 Å². The van der Waals surface area contributed by atoms with Gasteiger partial charge in [0.1, 0.15) is 0 Å². The molecule has 1 aromatic rings. The first kappa shape index (κ1) is 14.1. The van der Waals surface area contributed by atoms with Crippen LogP contribution in [0.2, 0.25) is 0 Å². The first-order valence-corrected chi connectivity index (χ1v) is 7.89. The molecule has 5 heteroatoms. The molecule has 1 saturated carbocycles. The molecule has 0 spiro atoms. The molecule has 102 valence electrons. The number of nitrogens with two attached hydrogens (primary N) is 1. The van der Waals surface area contributed by atoms with Gasteiger partial charge in [-0.1, -0.05) is 30.7 Å². The normalized spacial score (nSPS) is 14.8. The van der Waals surface area contributed by atoms with Crippen LogP contribution in [0.15, 0.2) is 29.2 Å². The molecule has 2 rings (SSSR count). The van der Waals surface area contributed by atoms with Crippen LogP contribution in [-0.2, 0) is 10.0 Å². The topological polar surface area (TPSA) is 72.2 Å². The first-order valence-electron chi connectivity index (χ1n) is 6.40. The number of benzene rings is 1. The highest BCUT2D eigenvalue weighted by Gasteiger charge is 2.22. The highest BCUT2D eigenvalue weighted by Crippen LogP contribution is 2.31. The van der Waals surface area contributed by atoms with Crippen LogP contribution in [0.1, 0.15) is 24.8 Å². The van der Waals surface area contributed by atoms with Gasteiger partial charge in [-0.15, -0.1) is 0 Å². The molecule has 0 heterocycles. The maximum absolute atomic E-state index is 12.1. The fraction of sp³-hybridized carbons (Fsp3) is 0.429. The van der Waals surface area contributed by atoms with E-state index < -0.39 is 10.0 Å². The van der Waals surface area contributed by atoms with E-state index in [4.69, 9.17) is 5.73 Å². The summed E-state index contributed by atoms with van der Waals surface area (Å²) in [6.07, 6.45) is 3.38. The lowest BCUT2D eigenvalue weighted by atomic mass is 10.2. The molecule has 3 N–H and O–H groups in total. The summed E-state index contributed by atoms with van der Waals surface area (Å²) in [4.78, 5) is 0.257. The monoisotopic (exact) mass is 278 g/mol. The zero-order valence-electron chi connectivity index (χ0n) is 10.7. The summed E-state index contributed by atoms with van der Waals surface area (Å²) < 4.78 is 26.8. The molecule has 0 atom stereocenters. The van der Waals surface area contributed by atoms with Gasteiger partial charge in [0.2, 0.25) is 10.0 Å². The third-order valence-corrected chi connectivity index (χ3v) is 4.48. The smallest absolute Gasteiger partial charge is 0.240 e. The first-order chi connectivity index (χ1) is 9.12. The number of hydrogen-bond donors (Lipinski definition) is 2. The van der Waals surface area contributed by atoms with Crippen molar-refractivity contribution in [1.82, 2.24) is 4.72 Å². The van der Waals surface area contributed by atoms with Gasteiger partial charge in [0.05, 0.1) is 11.4 Å². The summed E-state index contributed by atoms with van der Waals surface area (Å²) in [6.45, 7) is 0.766. The average Bonchev–Trinajstić information content (AvgIpc) is 3.21. The molecule has 0 bridgehead atoms. The molecule has 0 aromatic heterocycles. The Bertz CT molecular complexity index is 595. The van der Waals surface area contributed by atoms with Gasteiger partial charge in [-0.25, -0.2) is 13.1 Å². The van der Waals surface area contributed by atoms with Crippen LogP contribution in [0, 0.1) is 17.8 Å². The Kier molecular flexibility index (Phi) is 4.59. The molecule has 1 aliphatic rings. The lowest BCUT2D eigenvalue weighted by Crippen LogP contribution is -2.25. The predicted molar refractivity (Wildman–Crippen MR) is 74.9 cm³/mol. The standard InChI is InChI=1S/C14H18N2O2S/c15-9-2-4-13-3-1-5-14(11-13)19(17,18)16-10-8-12-6-7-12/h1,3,5,11-12,16H,6-10,15H2. The largest absolute Gasteiger partial charge is 0.320 e. The van der Waals surface area contributed by atoms with E-state index in [1.165, 1.54) is 12.8 Å². The molecule has 1 fully saturated rings. The van der Waals surface area contributed by atoms with Gasteiger partial charge in [0.15, 0.2) is 0 Å². The van der Waals surface area contributed by atoms with E-state index in [0.717, 1.165) is 6.42 Å². The summed E-state index contributed by atoms with van der Waals surface area (Å²) in [7, 11) is -3.42. The van der Waals surface area contributed by atoms with E-state index in [2.05, 4.69) is 16.6 Å². The maximum atomic E-state index is 12.1. The van der Waals surface area contributed by atoms with Gasteiger partial charge < -0.3 is 5.73 Å². The summed E-state index contributed by atoms with van der Waals surface area (Å²) in [5.74, 6) is 6.26. The van der Waals surface area contributed by atoms with Crippen LogP contribution in [0.4, 0.5) is 0 Å². The van der Waals surface area contributed by atoms with E-state index in [1.807, 2.05) is 0 Å². The maximum Gasteiger partial charge on any atom is 0.240 e. The Morgan fingerprint density at radius 3 is 2.84 bits per heavy atom. The molecule has 19 heavy (non-hydrogen) atoms. The SMILES string of the molecule is NCC#Cc1cccc(S(=O)(=O)NCCC2CC2)c1. The molecule has 1 aromatic carbocycles. The predicted octanol–water partition coefficient (Wildman–Crippen LogP) is 1.08. The van der Waals surface area contributed by atoms with Gasteiger partial charge in [-0.2, -0.15) is 0 Å². The molecule has 0 aliphatic heterocycles. The summed E-state index contributed by atoms with van der Waals surface area (Å²) in [5.41, 5.74) is 5.96. The van der Waals surface area contributed by atoms with Crippen molar-refractivity contribution in [3.05, 3.63) is 29.8 Å². The molecule has 0 saturated heterocycles. The van der Waals surface area contributed by atoms with E-state index in [9.17, 15) is 8.42 Å². The lowest BCUT2D eigenvalue weighted by molar-refractivity contribution is 0.575. The molecular formula is C14H18N2O2S. The second kappa shape index (κ2) is 6.20. The van der Waals surface area contributed by atoms with Crippen molar-refractivity contribution in [2.45, 2.75) is 24.2 Å². The highest BCUT2D eigenvalue weighted by atomic mass is 32.2. The molecule has 0 unspecified atom stereocenters. The Morgan fingerprint density at radius 2 is 2.16 bits per heavy atom. The number of hydrogen-bond acceptors (Lipinski definition) is 3. The minimum atomic E-state index is -3.42. The number of nitrogens with one attached hydrogen (secondary N) is 1. The van der Waals surface area contributed by atoms with E-state index >= 15 is 0 Å². The Balaban J connectivity index is 2.05. The fourth-order valence-corrected chi connectivity index (χ4v) is 2.87. The van der Waals surface area contributed by atoms with Crippen molar-refractivity contribution in [3.63, 3.8) is 0 Å². The summed E-state index contributed by atoms with van der Waals surface area (Å²) in [5, 5.41) is 0. The minimum absolute atomic E-state index is 0.257. The van der Waals surface area contributed by atoms with Crippen LogP contribution in [0.3, 0.4) is 0 Å². The third-order valence-electron chi connectivity index (χ3n) is 3.02. The van der Waals surface area contributed by atoms with Crippen LogP contribution >= 0.6 is 0 Å². The van der Waals surface area contributed by atoms with Crippen molar-refractivity contribution in [3.8, 4) is 11.8 Å². The van der Waals surface area contributed by atoms with Gasteiger partial charge in [-0.05, 0) is 30.5 Å². The van der Waals surface area contributed by atoms with E-state index in [0.29, 0.717) is 18.0 Å². The zero-order valence-corrected chi connectivity index (χ0v) is 11.5. The van der Waals surface area contributed by atoms with E-state index in [1.54, 1.807) is 24.3 Å². The zero-order chi connectivity index (χ0) is 13.7. The summed E-state index contributed by atoms with van der Waals surface area (Å²) >= 11 is 0. The molecular weight excluding hydrogens is 260 g/mol. The average molecular weight is 278 g/mol. The van der Waals surface area contributed by atoms with Crippen LogP contribution in [0.5, 0.6) is 0 Å². The summed E-state index contributed by atoms with van der Waals surface area (Å²) in [6, 6.07) is 6.61. The molecule has 0 amide bonds. The molecule has 4 nitrogen and oxygen atoms in total. The number of sulfonamides is 1. The van der Waals surface area contributed by atoms with Gasteiger partial charge in [0.25, 0.3) is 0 Å². The van der Waals surface area contributed by atoms with Crippen molar-refractivity contribution < 1.29 is 8.42 Å². The van der Waals surface area contributed by atoms with Crippen LogP contribution in [0.25, 0.3) is 0 Å². The molecule has 1 aliphatic carbocycles. The van der Waals surface area contributed by atoms with E-state index in [-0.39, 0.29) is 11.4 Å². The minimum Gasteiger partial charge on any atom is -0.320 e. The van der Waals surface area contributed by atoms with Crippen LogP contribution in [-0.4, -0.2) is 21.5 Å². The van der Waals surface area contributed by atoms with Gasteiger partial charge in [-0.3, -0.25) is 0 Å². The third kappa shape index (κ3) is 4.35. The second-order valence-corrected chi connectivity index (χ2v) is 6.43. The molecule has 0 radical (unpaired) electrons. The Morgan fingerprint density at radius 1 is 1.37 bits per heavy atom. The van der Waals surface area contributed by atoms with Gasteiger partial charge >= 0.3 is 0 Å². The van der Waals surface area contributed by atoms with Crippen molar-refractivity contribution in [1.29, 1.82) is 0 Å². The van der Waals surface area contributed by atoms with Crippen molar-refractivity contribution in [2.75, 3.05) is 13.1 Å². The second-order valence-electron chi connectivity index (χ2n) is 4.66. The quantitative estimate of drug-likeness (QED) is 0.792. The Hall–Kier alpha value is -1.35. The highest BCUT2D eigenvalue weighted by molar-refractivity contribution is 7.89.